The minimum Gasteiger partial charge on any atom is -0.398 e. The van der Waals surface area contributed by atoms with Crippen LogP contribution in [0.3, 0.4) is 0 Å². The van der Waals surface area contributed by atoms with E-state index in [2.05, 4.69) is 40.1 Å². The first-order valence-corrected chi connectivity index (χ1v) is 12.9. The molecule has 2 saturated heterocycles. The molecule has 2 fully saturated rings. The number of Topliss-reactive ketones (excluding diaryl/α,β-unsaturated/α-hetero) is 1. The van der Waals surface area contributed by atoms with Crippen LogP contribution in [0.1, 0.15) is 49.5 Å². The van der Waals surface area contributed by atoms with Gasteiger partial charge in [0.2, 0.25) is 0 Å². The number of nitrogens with zero attached hydrogens (tertiary/aromatic N) is 5. The van der Waals surface area contributed by atoms with Crippen LogP contribution < -0.4 is 10.6 Å². The van der Waals surface area contributed by atoms with E-state index in [1.807, 2.05) is 36.4 Å². The van der Waals surface area contributed by atoms with Crippen molar-refractivity contribution in [2.24, 2.45) is 10.7 Å². The topological polar surface area (TPSA) is 78.1 Å². The van der Waals surface area contributed by atoms with Gasteiger partial charge in [-0.05, 0) is 57.4 Å². The van der Waals surface area contributed by atoms with Gasteiger partial charge in [-0.25, -0.2) is 9.98 Å². The Labute approximate surface area is 219 Å². The van der Waals surface area contributed by atoms with Crippen LogP contribution in [-0.2, 0) is 0 Å². The van der Waals surface area contributed by atoms with Crippen molar-refractivity contribution in [2.45, 2.75) is 45.7 Å². The number of likely N-dealkylation sites (tertiary alicyclic amines) is 1. The van der Waals surface area contributed by atoms with E-state index in [0.29, 0.717) is 22.3 Å². The van der Waals surface area contributed by atoms with Crippen LogP contribution in [0.5, 0.6) is 0 Å². The summed E-state index contributed by atoms with van der Waals surface area (Å²) in [6.45, 7) is 13.4. The van der Waals surface area contributed by atoms with E-state index in [1.165, 1.54) is 0 Å². The van der Waals surface area contributed by atoms with E-state index in [-0.39, 0.29) is 11.8 Å². The number of carbonyl (C=O) groups excluding carboxylic acids is 1. The van der Waals surface area contributed by atoms with Crippen LogP contribution in [0.15, 0.2) is 66.1 Å². The monoisotopic (exact) mass is 506 g/mol. The minimum atomic E-state index is 0.00728. The van der Waals surface area contributed by atoms with Gasteiger partial charge in [-0.1, -0.05) is 36.4 Å². The third-order valence-electron chi connectivity index (χ3n) is 6.98. The highest BCUT2D eigenvalue weighted by Crippen LogP contribution is 2.27. The van der Waals surface area contributed by atoms with Crippen molar-refractivity contribution in [1.82, 2.24) is 14.8 Å². The number of rotatable bonds is 6. The van der Waals surface area contributed by atoms with Crippen molar-refractivity contribution in [3.05, 3.63) is 77.2 Å². The van der Waals surface area contributed by atoms with Crippen LogP contribution in [0.4, 0.5) is 5.82 Å². The summed E-state index contributed by atoms with van der Waals surface area (Å²) in [4.78, 5) is 28.1. The number of halogens is 1. The second-order valence-electron chi connectivity index (χ2n) is 9.60. The molecule has 190 valence electrons. The second-order valence-corrected chi connectivity index (χ2v) is 10.0. The van der Waals surface area contributed by atoms with E-state index in [0.717, 1.165) is 62.1 Å². The lowest BCUT2D eigenvalue weighted by Gasteiger charge is -2.42. The first-order chi connectivity index (χ1) is 17.2. The molecule has 2 aliphatic heterocycles. The van der Waals surface area contributed by atoms with Crippen LogP contribution in [0, 0.1) is 0 Å². The molecule has 2 aliphatic rings. The summed E-state index contributed by atoms with van der Waals surface area (Å²) in [5, 5.41) is 0.651. The molecule has 0 amide bonds. The average Bonchev–Trinajstić information content (AvgIpc) is 3.30. The third-order valence-corrected chi connectivity index (χ3v) is 7.27. The van der Waals surface area contributed by atoms with Crippen molar-refractivity contribution in [2.75, 3.05) is 31.1 Å². The number of ketones is 1. The maximum absolute atomic E-state index is 11.9. The number of anilines is 1. The number of benzene rings is 1. The zero-order chi connectivity index (χ0) is 25.8. The van der Waals surface area contributed by atoms with Crippen molar-refractivity contribution in [3.63, 3.8) is 0 Å². The summed E-state index contributed by atoms with van der Waals surface area (Å²) in [5.74, 6) is 2.33. The normalized spacial score (nSPS) is 21.2. The van der Waals surface area contributed by atoms with Crippen LogP contribution in [-0.4, -0.2) is 64.7 Å². The summed E-state index contributed by atoms with van der Waals surface area (Å²) in [5.41, 5.74) is 8.55. The number of nitrogens with two attached hydrogens (primary N) is 1. The van der Waals surface area contributed by atoms with Gasteiger partial charge in [0, 0.05) is 61.8 Å². The lowest BCUT2D eigenvalue weighted by atomic mass is 10.1. The Bertz CT molecular complexity index is 1190. The molecule has 7 nitrogen and oxygen atoms in total. The molecule has 1 aromatic heterocycles. The zero-order valence-corrected chi connectivity index (χ0v) is 22.1. The lowest BCUT2D eigenvalue weighted by molar-refractivity contribution is 0.101. The van der Waals surface area contributed by atoms with Gasteiger partial charge < -0.3 is 20.4 Å². The highest BCUT2D eigenvalue weighted by molar-refractivity contribution is 6.32. The minimum absolute atomic E-state index is 0.00728. The van der Waals surface area contributed by atoms with Crippen molar-refractivity contribution in [1.29, 1.82) is 0 Å². The van der Waals surface area contributed by atoms with E-state index >= 15 is 0 Å². The van der Waals surface area contributed by atoms with E-state index in [9.17, 15) is 4.79 Å². The van der Waals surface area contributed by atoms with E-state index in [1.54, 1.807) is 19.2 Å². The van der Waals surface area contributed by atoms with E-state index in [4.69, 9.17) is 22.3 Å². The van der Waals surface area contributed by atoms with Gasteiger partial charge >= 0.3 is 0 Å². The Morgan fingerprint density at radius 1 is 1.14 bits per heavy atom. The van der Waals surface area contributed by atoms with Gasteiger partial charge in [0.1, 0.15) is 17.5 Å². The smallest absolute Gasteiger partial charge is 0.159 e. The number of aromatic nitrogens is 1. The molecule has 0 radical (unpaired) electrons. The molecule has 3 heterocycles. The molecular weight excluding hydrogens is 472 g/mol. The predicted octanol–water partition coefficient (Wildman–Crippen LogP) is 4.80. The molecule has 0 bridgehead atoms. The molecule has 0 spiro atoms. The molecule has 2 aromatic rings. The lowest BCUT2D eigenvalue weighted by Crippen LogP contribution is -2.54. The Balaban J connectivity index is 1.64. The Hall–Kier alpha value is -3.32. The highest BCUT2D eigenvalue weighted by atomic mass is 35.5. The van der Waals surface area contributed by atoms with Crippen LogP contribution in [0.2, 0.25) is 5.02 Å². The standard InChI is InChI=1S/C28H35ClN6O/c1-19-8-7-13-34(19)22(4)32-27(17-26(30)24-10-5-9-23(16-24)21(3)36)35-15-14-33(18-20(35)2)28-25(29)11-6-12-31-28/h5-6,9-12,16-17,19-20H,4,7-8,13-15,18,30H2,1-3H3/b26-17-,32-27?/t19?,20-/m1/s1. The zero-order valence-electron chi connectivity index (χ0n) is 21.3. The van der Waals surface area contributed by atoms with E-state index < -0.39 is 0 Å². The predicted molar refractivity (Wildman–Crippen MR) is 148 cm³/mol. The second kappa shape index (κ2) is 11.2. The summed E-state index contributed by atoms with van der Waals surface area (Å²) < 4.78 is 0. The van der Waals surface area contributed by atoms with Crippen LogP contribution >= 0.6 is 11.6 Å². The fraction of sp³-hybridized carbons (Fsp3) is 0.393. The molecule has 8 heteroatoms. The van der Waals surface area contributed by atoms with Gasteiger partial charge in [-0.15, -0.1) is 0 Å². The van der Waals surface area contributed by atoms with Crippen LogP contribution in [0.25, 0.3) is 5.70 Å². The third kappa shape index (κ3) is 5.73. The summed E-state index contributed by atoms with van der Waals surface area (Å²) in [6, 6.07) is 11.7. The molecule has 1 unspecified atom stereocenters. The molecule has 0 saturated carbocycles. The quantitative estimate of drug-likeness (QED) is 0.344. The molecule has 2 atom stereocenters. The number of carbonyl (C=O) groups is 1. The number of piperazine rings is 1. The van der Waals surface area contributed by atoms with Crippen molar-refractivity contribution in [3.8, 4) is 0 Å². The van der Waals surface area contributed by atoms with Gasteiger partial charge in [0.25, 0.3) is 0 Å². The maximum Gasteiger partial charge on any atom is 0.159 e. The largest absolute Gasteiger partial charge is 0.398 e. The first kappa shape index (κ1) is 25.8. The molecule has 4 rings (SSSR count). The Morgan fingerprint density at radius 2 is 1.92 bits per heavy atom. The molecule has 0 aliphatic carbocycles. The van der Waals surface area contributed by atoms with Gasteiger partial charge in [-0.2, -0.15) is 0 Å². The molecular formula is C28H35ClN6O. The SMILES string of the molecule is C=C(N=C(/C=C(\N)c1cccc(C(C)=O)c1)N1CCN(c2ncccc2Cl)C[C@H]1C)N1CCCC1C. The number of aliphatic imine (C=N–C) groups is 1. The molecule has 36 heavy (non-hydrogen) atoms. The fourth-order valence-electron chi connectivity index (χ4n) is 4.93. The molecule has 2 N–H and O–H groups in total. The first-order valence-electron chi connectivity index (χ1n) is 12.5. The van der Waals surface area contributed by atoms with Crippen molar-refractivity contribution >= 4 is 34.7 Å². The molecule has 1 aromatic carbocycles. The summed E-state index contributed by atoms with van der Waals surface area (Å²) in [6.07, 6.45) is 5.95. The number of hydrogen-bond acceptors (Lipinski definition) is 6. The fourth-order valence-corrected chi connectivity index (χ4v) is 5.17. The Morgan fingerprint density at radius 3 is 2.58 bits per heavy atom. The Kier molecular flexibility index (Phi) is 7.99. The maximum atomic E-state index is 11.9. The number of pyridine rings is 1. The summed E-state index contributed by atoms with van der Waals surface area (Å²) in [7, 11) is 0. The number of hydrogen-bond donors (Lipinski definition) is 1. The van der Waals surface area contributed by atoms with Crippen molar-refractivity contribution < 1.29 is 4.79 Å². The summed E-state index contributed by atoms with van der Waals surface area (Å²) >= 11 is 6.42. The van der Waals surface area contributed by atoms with Gasteiger partial charge in [-0.3, -0.25) is 4.79 Å². The van der Waals surface area contributed by atoms with Gasteiger partial charge in [0.05, 0.1) is 5.02 Å². The van der Waals surface area contributed by atoms with Gasteiger partial charge in [0.15, 0.2) is 5.78 Å². The average molecular weight is 507 g/mol. The highest BCUT2D eigenvalue weighted by Gasteiger charge is 2.28. The number of amidine groups is 1.